The van der Waals surface area contributed by atoms with Gasteiger partial charge in [-0.2, -0.15) is 0 Å². The maximum absolute atomic E-state index is 11.5. The van der Waals surface area contributed by atoms with Crippen LogP contribution in [0.4, 0.5) is 0 Å². The first-order valence-corrected chi connectivity index (χ1v) is 4.37. The summed E-state index contributed by atoms with van der Waals surface area (Å²) < 4.78 is 0. The third-order valence-electron chi connectivity index (χ3n) is 4.16. The van der Waals surface area contributed by atoms with Gasteiger partial charge < -0.3 is 0 Å². The molecule has 58 valence electrons. The van der Waals surface area contributed by atoms with E-state index in [1.165, 1.54) is 0 Å². The third-order valence-corrected chi connectivity index (χ3v) is 4.16. The zero-order chi connectivity index (χ0) is 7.80. The van der Waals surface area contributed by atoms with Crippen molar-refractivity contribution in [1.29, 1.82) is 0 Å². The summed E-state index contributed by atoms with van der Waals surface area (Å²) in [5.41, 5.74) is 0.491. The topological polar surface area (TPSA) is 17.1 Å². The van der Waals surface area contributed by atoms with Crippen LogP contribution in [0.25, 0.3) is 0 Å². The van der Waals surface area contributed by atoms with Crippen LogP contribution in [-0.2, 0) is 4.79 Å². The number of allylic oxidation sites excluding steroid dienone is 1. The Labute approximate surface area is 66.5 Å². The van der Waals surface area contributed by atoms with Gasteiger partial charge in [-0.25, -0.2) is 0 Å². The summed E-state index contributed by atoms with van der Waals surface area (Å²) in [6.45, 7) is 5.96. The van der Waals surface area contributed by atoms with Gasteiger partial charge in [0.05, 0.1) is 0 Å². The second kappa shape index (κ2) is 1.33. The lowest BCUT2D eigenvalue weighted by molar-refractivity contribution is -0.121. The normalized spacial score (nSPS) is 62.5. The van der Waals surface area contributed by atoms with Crippen LogP contribution in [0.5, 0.6) is 0 Å². The molecule has 4 aliphatic rings. The molecular formula is C10H12O. The third kappa shape index (κ3) is 0.390. The fourth-order valence-corrected chi connectivity index (χ4v) is 3.48. The smallest absolute Gasteiger partial charge is 0.140 e. The summed E-state index contributed by atoms with van der Waals surface area (Å²) >= 11 is 0. The molecule has 4 aliphatic carbocycles. The van der Waals surface area contributed by atoms with Crippen molar-refractivity contribution < 1.29 is 4.79 Å². The number of carbonyl (C=O) groups is 1. The van der Waals surface area contributed by atoms with Crippen LogP contribution in [0.1, 0.15) is 13.3 Å². The van der Waals surface area contributed by atoms with Crippen molar-refractivity contribution in [3.63, 3.8) is 0 Å². The Kier molecular flexibility index (Phi) is 0.721. The molecule has 0 saturated heterocycles. The van der Waals surface area contributed by atoms with Gasteiger partial charge in [0.1, 0.15) is 5.78 Å². The lowest BCUT2D eigenvalue weighted by atomic mass is 10.00. The molecule has 4 rings (SSSR count). The second-order valence-electron chi connectivity index (χ2n) is 4.43. The predicted octanol–water partition coefficient (Wildman–Crippen LogP) is 1.64. The van der Waals surface area contributed by atoms with E-state index in [0.717, 1.165) is 18.3 Å². The fraction of sp³-hybridized carbons (Fsp3) is 0.700. The Balaban J connectivity index is 1.90. The minimum atomic E-state index is 0.368. The summed E-state index contributed by atoms with van der Waals surface area (Å²) in [6.07, 6.45) is 2.82. The fourth-order valence-electron chi connectivity index (χ4n) is 3.48. The van der Waals surface area contributed by atoms with Crippen LogP contribution in [0.15, 0.2) is 12.7 Å². The van der Waals surface area contributed by atoms with Gasteiger partial charge in [0.2, 0.25) is 0 Å². The predicted molar refractivity (Wildman–Crippen MR) is 41.9 cm³/mol. The standard InChI is InChI=1S/C10H12O/c1-3-4-5-6-7-8(9(5)11)10(6,7)2/h3,5-8H,1,4H2,2H3/t5?,6?,7-,8-,10-/m1/s1. The van der Waals surface area contributed by atoms with Gasteiger partial charge in [-0.05, 0) is 23.7 Å². The molecule has 4 fully saturated rings. The molecule has 2 bridgehead atoms. The zero-order valence-electron chi connectivity index (χ0n) is 6.71. The average Bonchev–Trinajstić information content (AvgIpc) is 2.64. The van der Waals surface area contributed by atoms with Crippen LogP contribution in [0.3, 0.4) is 0 Å². The molecule has 0 radical (unpaired) electrons. The summed E-state index contributed by atoms with van der Waals surface area (Å²) in [5.74, 6) is 2.96. The number of hydrogen-bond donors (Lipinski definition) is 0. The van der Waals surface area contributed by atoms with E-state index in [1.54, 1.807) is 0 Å². The number of fused-ring (bicyclic) bond motifs is 1. The molecule has 0 aliphatic heterocycles. The van der Waals surface area contributed by atoms with Crippen molar-refractivity contribution in [2.75, 3.05) is 0 Å². The molecule has 11 heavy (non-hydrogen) atoms. The summed E-state index contributed by atoms with van der Waals surface area (Å²) in [4.78, 5) is 11.5. The van der Waals surface area contributed by atoms with Crippen molar-refractivity contribution in [2.45, 2.75) is 13.3 Å². The first-order chi connectivity index (χ1) is 5.23. The Morgan fingerprint density at radius 3 is 2.64 bits per heavy atom. The summed E-state index contributed by atoms with van der Waals surface area (Å²) in [7, 11) is 0. The summed E-state index contributed by atoms with van der Waals surface area (Å²) in [5, 5.41) is 0. The van der Waals surface area contributed by atoms with E-state index in [-0.39, 0.29) is 0 Å². The molecule has 5 atom stereocenters. The molecule has 2 unspecified atom stereocenters. The van der Waals surface area contributed by atoms with Crippen molar-refractivity contribution >= 4 is 5.78 Å². The Bertz CT molecular complexity index is 268. The number of hydrogen-bond acceptors (Lipinski definition) is 1. The highest BCUT2D eigenvalue weighted by atomic mass is 16.1. The summed E-state index contributed by atoms with van der Waals surface area (Å²) in [6, 6.07) is 0. The zero-order valence-corrected chi connectivity index (χ0v) is 6.71. The highest BCUT2D eigenvalue weighted by molar-refractivity contribution is 5.96. The lowest BCUT2D eigenvalue weighted by Gasteiger charge is -2.03. The molecule has 0 aromatic heterocycles. The van der Waals surface area contributed by atoms with Crippen LogP contribution in [0, 0.1) is 29.1 Å². The minimum absolute atomic E-state index is 0.368. The van der Waals surface area contributed by atoms with Crippen molar-refractivity contribution in [1.82, 2.24) is 0 Å². The lowest BCUT2D eigenvalue weighted by Crippen LogP contribution is -2.05. The van der Waals surface area contributed by atoms with Crippen LogP contribution >= 0.6 is 0 Å². The van der Waals surface area contributed by atoms with Gasteiger partial charge in [-0.15, -0.1) is 6.58 Å². The Morgan fingerprint density at radius 1 is 1.64 bits per heavy atom. The van der Waals surface area contributed by atoms with Gasteiger partial charge in [-0.1, -0.05) is 13.0 Å². The molecule has 1 nitrogen and oxygen atoms in total. The van der Waals surface area contributed by atoms with Gasteiger partial charge in [-0.3, -0.25) is 4.79 Å². The second-order valence-corrected chi connectivity index (χ2v) is 4.43. The van der Waals surface area contributed by atoms with E-state index >= 15 is 0 Å². The highest BCUT2D eigenvalue weighted by Gasteiger charge is 2.92. The largest absolute Gasteiger partial charge is 0.299 e. The molecule has 1 heteroatoms. The van der Waals surface area contributed by atoms with Crippen molar-refractivity contribution in [3.05, 3.63) is 12.7 Å². The van der Waals surface area contributed by atoms with E-state index in [2.05, 4.69) is 13.5 Å². The highest BCUT2D eigenvalue weighted by Crippen LogP contribution is 2.91. The van der Waals surface area contributed by atoms with E-state index < -0.39 is 0 Å². The average molecular weight is 148 g/mol. The van der Waals surface area contributed by atoms with Gasteiger partial charge in [0, 0.05) is 11.8 Å². The van der Waals surface area contributed by atoms with Crippen LogP contribution < -0.4 is 0 Å². The maximum atomic E-state index is 11.5. The molecule has 0 amide bonds. The first kappa shape index (κ1) is 5.99. The molecule has 0 N–H and O–H groups in total. The molecule has 0 spiro atoms. The number of rotatable bonds is 2. The number of carbonyl (C=O) groups excluding carboxylic acids is 1. The van der Waals surface area contributed by atoms with Crippen LogP contribution in [0.2, 0.25) is 0 Å². The SMILES string of the molecule is C=CCC1C(=O)[C@H]2[C@H]3C1[C@]32C. The van der Waals surface area contributed by atoms with E-state index in [1.807, 2.05) is 6.08 Å². The van der Waals surface area contributed by atoms with E-state index in [0.29, 0.717) is 23.0 Å². The molecule has 0 aromatic carbocycles. The van der Waals surface area contributed by atoms with Gasteiger partial charge in [0.25, 0.3) is 0 Å². The molecule has 0 heterocycles. The van der Waals surface area contributed by atoms with Crippen molar-refractivity contribution in [3.8, 4) is 0 Å². The Hall–Kier alpha value is -0.590. The van der Waals surface area contributed by atoms with Gasteiger partial charge in [0.15, 0.2) is 0 Å². The van der Waals surface area contributed by atoms with Crippen LogP contribution in [-0.4, -0.2) is 5.78 Å². The van der Waals surface area contributed by atoms with E-state index in [4.69, 9.17) is 0 Å². The van der Waals surface area contributed by atoms with E-state index in [9.17, 15) is 4.79 Å². The van der Waals surface area contributed by atoms with Crippen molar-refractivity contribution in [2.24, 2.45) is 29.1 Å². The number of ketones is 1. The maximum Gasteiger partial charge on any atom is 0.140 e. The monoisotopic (exact) mass is 148 g/mol. The minimum Gasteiger partial charge on any atom is -0.299 e. The molecule has 0 aromatic rings. The quantitative estimate of drug-likeness (QED) is 0.544. The first-order valence-electron chi connectivity index (χ1n) is 4.37. The molecule has 4 saturated carbocycles. The Morgan fingerprint density at radius 2 is 2.27 bits per heavy atom. The molecular weight excluding hydrogens is 136 g/mol. The van der Waals surface area contributed by atoms with Gasteiger partial charge >= 0.3 is 0 Å². The number of Topliss-reactive ketones (excluding diaryl/α,β-unsaturated/α-hetero) is 1.